The molecule has 0 fully saturated rings. The Kier molecular flexibility index (Phi) is 4.69. The number of carbonyl (C=O) groups excluding carboxylic acids is 1. The van der Waals surface area contributed by atoms with Crippen molar-refractivity contribution in [3.63, 3.8) is 0 Å². The molecule has 136 valence electrons. The molecule has 0 aliphatic heterocycles. The van der Waals surface area contributed by atoms with Crippen molar-refractivity contribution in [1.29, 1.82) is 0 Å². The van der Waals surface area contributed by atoms with Crippen molar-refractivity contribution in [1.82, 2.24) is 0 Å². The number of ether oxygens (including phenoxy) is 1. The summed E-state index contributed by atoms with van der Waals surface area (Å²) >= 11 is 0. The maximum atomic E-state index is 13.0. The van der Waals surface area contributed by atoms with Crippen LogP contribution in [0.2, 0.25) is 0 Å². The Balaban J connectivity index is 1.99. The molecule has 0 radical (unpaired) electrons. The molecule has 0 saturated heterocycles. The zero-order valence-electron chi connectivity index (χ0n) is 14.1. The number of carbonyl (C=O) groups is 1. The molecule has 0 unspecified atom stereocenters. The predicted octanol–water partition coefficient (Wildman–Crippen LogP) is 3.86. The van der Waals surface area contributed by atoms with Crippen LogP contribution in [0.4, 0.5) is 10.1 Å². The summed E-state index contributed by atoms with van der Waals surface area (Å²) in [7, 11) is -3.90. The van der Waals surface area contributed by atoms with Gasteiger partial charge in [0.1, 0.15) is 22.7 Å². The fraction of sp³-hybridized carbons (Fsp3) is 0.167. The van der Waals surface area contributed by atoms with Gasteiger partial charge in [-0.15, -0.1) is 0 Å². The first kappa shape index (κ1) is 17.9. The molecule has 0 spiro atoms. The van der Waals surface area contributed by atoms with E-state index in [0.717, 1.165) is 12.1 Å². The van der Waals surface area contributed by atoms with E-state index < -0.39 is 21.8 Å². The number of nitrogens with one attached hydrogen (secondary N) is 1. The molecule has 0 atom stereocenters. The van der Waals surface area contributed by atoms with E-state index in [4.69, 9.17) is 9.15 Å². The van der Waals surface area contributed by atoms with Crippen molar-refractivity contribution in [3.8, 4) is 0 Å². The zero-order chi connectivity index (χ0) is 18.9. The first-order valence-electron chi connectivity index (χ1n) is 7.80. The van der Waals surface area contributed by atoms with Gasteiger partial charge in [-0.05, 0) is 56.3 Å². The Morgan fingerprint density at radius 3 is 2.54 bits per heavy atom. The van der Waals surface area contributed by atoms with Crippen molar-refractivity contribution in [2.45, 2.75) is 18.7 Å². The Bertz CT molecular complexity index is 1070. The predicted molar refractivity (Wildman–Crippen MR) is 94.1 cm³/mol. The molecule has 0 saturated carbocycles. The second kappa shape index (κ2) is 6.80. The minimum Gasteiger partial charge on any atom is -0.462 e. The molecule has 1 heterocycles. The van der Waals surface area contributed by atoms with Gasteiger partial charge in [-0.3, -0.25) is 4.72 Å². The van der Waals surface area contributed by atoms with E-state index in [0.29, 0.717) is 16.7 Å². The number of fused-ring (bicyclic) bond motifs is 1. The molecule has 0 aliphatic rings. The summed E-state index contributed by atoms with van der Waals surface area (Å²) in [5, 5.41) is 0.445. The molecule has 2 aromatic carbocycles. The largest absolute Gasteiger partial charge is 0.462 e. The number of hydrogen-bond acceptors (Lipinski definition) is 5. The lowest BCUT2D eigenvalue weighted by molar-refractivity contribution is 0.0526. The lowest BCUT2D eigenvalue weighted by atomic mass is 10.1. The molecular formula is C18H16FNO5S. The summed E-state index contributed by atoms with van der Waals surface area (Å²) in [6, 6.07) is 9.05. The number of sulfonamides is 1. The SMILES string of the molecule is CCOC(=O)c1c(C)oc2ccc(NS(=O)(=O)c3ccc(F)cc3)cc12. The van der Waals surface area contributed by atoms with Crippen LogP contribution < -0.4 is 4.72 Å². The summed E-state index contributed by atoms with van der Waals surface area (Å²) in [6.07, 6.45) is 0. The smallest absolute Gasteiger partial charge is 0.342 e. The average Bonchev–Trinajstić information content (AvgIpc) is 2.90. The number of rotatable bonds is 5. The maximum absolute atomic E-state index is 13.0. The Hall–Kier alpha value is -2.87. The Labute approximate surface area is 149 Å². The zero-order valence-corrected chi connectivity index (χ0v) is 14.9. The van der Waals surface area contributed by atoms with Gasteiger partial charge >= 0.3 is 5.97 Å². The molecular weight excluding hydrogens is 361 g/mol. The number of halogens is 1. The van der Waals surface area contributed by atoms with E-state index in [1.165, 1.54) is 24.3 Å². The third-order valence-corrected chi connectivity index (χ3v) is 5.12. The van der Waals surface area contributed by atoms with Crippen molar-refractivity contribution in [2.24, 2.45) is 0 Å². The molecule has 3 rings (SSSR count). The number of hydrogen-bond donors (Lipinski definition) is 1. The number of furan rings is 1. The standard InChI is InChI=1S/C18H16FNO5S/c1-3-24-18(21)17-11(2)25-16-9-6-13(10-15(16)17)20-26(22,23)14-7-4-12(19)5-8-14/h4-10,20H,3H2,1-2H3. The first-order valence-corrected chi connectivity index (χ1v) is 9.29. The van der Waals surface area contributed by atoms with Crippen LogP contribution in [-0.4, -0.2) is 21.0 Å². The van der Waals surface area contributed by atoms with Gasteiger partial charge in [0.2, 0.25) is 0 Å². The molecule has 3 aromatic rings. The third-order valence-electron chi connectivity index (χ3n) is 3.72. The van der Waals surface area contributed by atoms with Crippen molar-refractivity contribution in [3.05, 3.63) is 59.6 Å². The van der Waals surface area contributed by atoms with Crippen LogP contribution in [0.15, 0.2) is 51.8 Å². The summed E-state index contributed by atoms with van der Waals surface area (Å²) in [6.45, 7) is 3.54. The van der Waals surface area contributed by atoms with Crippen molar-refractivity contribution >= 4 is 32.6 Å². The Morgan fingerprint density at radius 2 is 1.88 bits per heavy atom. The minimum atomic E-state index is -3.90. The second-order valence-corrected chi connectivity index (χ2v) is 7.21. The van der Waals surface area contributed by atoms with Crippen LogP contribution >= 0.6 is 0 Å². The highest BCUT2D eigenvalue weighted by molar-refractivity contribution is 7.92. The van der Waals surface area contributed by atoms with E-state index in [2.05, 4.69) is 4.72 Å². The van der Waals surface area contributed by atoms with Crippen LogP contribution in [0, 0.1) is 12.7 Å². The first-order chi connectivity index (χ1) is 12.3. The molecule has 26 heavy (non-hydrogen) atoms. The van der Waals surface area contributed by atoms with Crippen LogP contribution in [0.5, 0.6) is 0 Å². The quantitative estimate of drug-likeness (QED) is 0.683. The van der Waals surface area contributed by atoms with E-state index >= 15 is 0 Å². The lowest BCUT2D eigenvalue weighted by Crippen LogP contribution is -2.13. The van der Waals surface area contributed by atoms with Crippen LogP contribution in [0.25, 0.3) is 11.0 Å². The maximum Gasteiger partial charge on any atom is 0.342 e. The van der Waals surface area contributed by atoms with E-state index in [1.54, 1.807) is 19.9 Å². The van der Waals surface area contributed by atoms with E-state index in [1.807, 2.05) is 0 Å². The number of aryl methyl sites for hydroxylation is 1. The normalized spacial score (nSPS) is 11.5. The molecule has 1 N–H and O–H groups in total. The van der Waals surface area contributed by atoms with Crippen molar-refractivity contribution in [2.75, 3.05) is 11.3 Å². The topological polar surface area (TPSA) is 85.6 Å². The number of esters is 1. The van der Waals surface area contributed by atoms with Gasteiger partial charge in [0.25, 0.3) is 10.0 Å². The van der Waals surface area contributed by atoms with Crippen LogP contribution in [-0.2, 0) is 14.8 Å². The fourth-order valence-corrected chi connectivity index (χ4v) is 3.62. The van der Waals surface area contributed by atoms with Gasteiger partial charge in [0.05, 0.1) is 11.5 Å². The van der Waals surface area contributed by atoms with Gasteiger partial charge < -0.3 is 9.15 Å². The lowest BCUT2D eigenvalue weighted by Gasteiger charge is -2.08. The minimum absolute atomic E-state index is 0.0759. The molecule has 0 aliphatic carbocycles. The summed E-state index contributed by atoms with van der Waals surface area (Å²) in [5.41, 5.74) is 0.938. The number of anilines is 1. The molecule has 6 nitrogen and oxygen atoms in total. The monoisotopic (exact) mass is 377 g/mol. The second-order valence-electron chi connectivity index (χ2n) is 5.52. The fourth-order valence-electron chi connectivity index (χ4n) is 2.57. The Morgan fingerprint density at radius 1 is 1.19 bits per heavy atom. The van der Waals surface area contributed by atoms with Gasteiger partial charge in [-0.1, -0.05) is 0 Å². The van der Waals surface area contributed by atoms with Gasteiger partial charge in [0, 0.05) is 11.1 Å². The average molecular weight is 377 g/mol. The van der Waals surface area contributed by atoms with Crippen molar-refractivity contribution < 1.29 is 26.8 Å². The van der Waals surface area contributed by atoms with Gasteiger partial charge in [0.15, 0.2) is 0 Å². The van der Waals surface area contributed by atoms with Gasteiger partial charge in [-0.25, -0.2) is 17.6 Å². The molecule has 0 bridgehead atoms. The van der Waals surface area contributed by atoms with Crippen LogP contribution in [0.1, 0.15) is 23.0 Å². The third kappa shape index (κ3) is 3.41. The molecule has 1 aromatic heterocycles. The van der Waals surface area contributed by atoms with Gasteiger partial charge in [-0.2, -0.15) is 0 Å². The molecule has 0 amide bonds. The highest BCUT2D eigenvalue weighted by Crippen LogP contribution is 2.29. The summed E-state index contributed by atoms with van der Waals surface area (Å²) in [4.78, 5) is 12.1. The van der Waals surface area contributed by atoms with Crippen LogP contribution in [0.3, 0.4) is 0 Å². The van der Waals surface area contributed by atoms with E-state index in [9.17, 15) is 17.6 Å². The molecule has 8 heteroatoms. The van der Waals surface area contributed by atoms with E-state index in [-0.39, 0.29) is 22.8 Å². The summed E-state index contributed by atoms with van der Waals surface area (Å²) < 4.78 is 50.8. The number of benzene rings is 2. The summed E-state index contributed by atoms with van der Waals surface area (Å²) in [5.74, 6) is -0.683. The highest BCUT2D eigenvalue weighted by atomic mass is 32.2. The highest BCUT2D eigenvalue weighted by Gasteiger charge is 2.21.